The van der Waals surface area contributed by atoms with Crippen molar-refractivity contribution in [3.63, 3.8) is 0 Å². The number of carbonyl (C=O) groups is 2. The molecule has 10 nitrogen and oxygen atoms in total. The Morgan fingerprint density at radius 3 is 2.00 bits per heavy atom. The van der Waals surface area contributed by atoms with E-state index in [1.54, 1.807) is 20.4 Å². The van der Waals surface area contributed by atoms with E-state index in [4.69, 9.17) is 19.2 Å². The van der Waals surface area contributed by atoms with E-state index in [0.717, 1.165) is 11.8 Å². The van der Waals surface area contributed by atoms with Gasteiger partial charge in [-0.3, -0.25) is 9.63 Å². The van der Waals surface area contributed by atoms with Crippen LogP contribution in [0.3, 0.4) is 0 Å². The van der Waals surface area contributed by atoms with Crippen molar-refractivity contribution in [1.82, 2.24) is 10.2 Å². The molecule has 0 aliphatic heterocycles. The highest BCUT2D eigenvalue weighted by atomic mass is 32.2. The molecule has 0 spiro atoms. The van der Waals surface area contributed by atoms with Crippen LogP contribution < -0.4 is 5.32 Å². The van der Waals surface area contributed by atoms with Crippen LogP contribution in [0.15, 0.2) is 5.16 Å². The number of thioether (sulfide) groups is 1. The first-order valence-corrected chi connectivity index (χ1v) is 7.32. The van der Waals surface area contributed by atoms with Crippen molar-refractivity contribution < 1.29 is 33.7 Å². The first kappa shape index (κ1) is 20.2. The average Bonchev–Trinajstić information content (AvgIpc) is 2.26. The lowest BCUT2D eigenvalue weighted by atomic mass is 10.6. The fourth-order valence-corrected chi connectivity index (χ4v) is 0.952. The Morgan fingerprint density at radius 2 is 1.74 bits per heavy atom. The molecule has 0 aliphatic rings. The van der Waals surface area contributed by atoms with E-state index >= 15 is 0 Å². The van der Waals surface area contributed by atoms with Gasteiger partial charge in [0, 0.05) is 21.1 Å². The maximum atomic E-state index is 11.3. The van der Waals surface area contributed by atoms with Gasteiger partial charge in [-0.2, -0.15) is 0 Å². The molecule has 112 valence electrons. The predicted molar refractivity (Wildman–Crippen MR) is 69.4 cm³/mol. The normalized spacial score (nSPS) is 11.0. The van der Waals surface area contributed by atoms with Crippen LogP contribution in [-0.2, 0) is 14.2 Å². The molecule has 0 aromatic rings. The summed E-state index contributed by atoms with van der Waals surface area (Å²) in [5.74, 6) is -0.304. The maximum Gasteiger partial charge on any atom is 0.466 e. The van der Waals surface area contributed by atoms with Crippen LogP contribution >= 0.6 is 19.6 Å². The van der Waals surface area contributed by atoms with Crippen molar-refractivity contribution in [1.29, 1.82) is 0 Å². The number of nitrogens with zero attached hydrogens (tertiary/aromatic N) is 2. The Balaban J connectivity index is 0. The number of nitrogens with one attached hydrogen (secondary N) is 1. The largest absolute Gasteiger partial charge is 0.466 e. The van der Waals surface area contributed by atoms with Crippen molar-refractivity contribution in [3.8, 4) is 0 Å². The number of rotatable bonds is 1. The summed E-state index contributed by atoms with van der Waals surface area (Å²) in [6.07, 6.45) is 0.969. The Bertz CT molecular complexity index is 373. The molecule has 0 saturated carbocycles. The fourth-order valence-electron chi connectivity index (χ4n) is 0.483. The van der Waals surface area contributed by atoms with Crippen molar-refractivity contribution >= 4 is 36.6 Å². The third-order valence-electron chi connectivity index (χ3n) is 1.20. The molecule has 4 N–H and O–H groups in total. The summed E-state index contributed by atoms with van der Waals surface area (Å²) in [5.41, 5.74) is 0. The van der Waals surface area contributed by atoms with Crippen LogP contribution in [0.4, 0.5) is 4.79 Å². The quantitative estimate of drug-likeness (QED) is 0.161. The molecular formula is C7H16N3O7PS. The van der Waals surface area contributed by atoms with E-state index in [2.05, 4.69) is 15.3 Å². The van der Waals surface area contributed by atoms with E-state index < -0.39 is 13.9 Å². The maximum absolute atomic E-state index is 11.3. The molecule has 0 radical (unpaired) electrons. The van der Waals surface area contributed by atoms with Crippen LogP contribution in [0.2, 0.25) is 0 Å². The molecule has 0 heterocycles. The topological polar surface area (TPSA) is 149 Å². The number of hydrogen-bond acceptors (Lipinski definition) is 6. The highest BCUT2D eigenvalue weighted by molar-refractivity contribution is 8.15. The molecule has 0 unspecified atom stereocenters. The lowest BCUT2D eigenvalue weighted by Crippen LogP contribution is -2.28. The van der Waals surface area contributed by atoms with Gasteiger partial charge in [0.1, 0.15) is 0 Å². The van der Waals surface area contributed by atoms with E-state index in [1.807, 2.05) is 0 Å². The zero-order chi connectivity index (χ0) is 15.6. The first-order chi connectivity index (χ1) is 8.52. The lowest BCUT2D eigenvalue weighted by molar-refractivity contribution is -0.121. The minimum atomic E-state index is -4.64. The number of hydrogen-bond donors (Lipinski definition) is 4. The summed E-state index contributed by atoms with van der Waals surface area (Å²) in [7, 11) is -0.0493. The van der Waals surface area contributed by atoms with Crippen LogP contribution in [0.1, 0.15) is 0 Å². The highest BCUT2D eigenvalue weighted by Gasteiger charge is 2.13. The number of carbonyl (C=O) groups excluding carboxylic acids is 2. The van der Waals surface area contributed by atoms with Crippen LogP contribution in [-0.4, -0.2) is 64.0 Å². The van der Waals surface area contributed by atoms with Crippen molar-refractivity contribution in [2.45, 2.75) is 0 Å². The Labute approximate surface area is 114 Å². The zero-order valence-corrected chi connectivity index (χ0v) is 12.4. The molecule has 0 aromatic heterocycles. The monoisotopic (exact) mass is 317 g/mol. The summed E-state index contributed by atoms with van der Waals surface area (Å²) in [6.45, 7) is 0. The minimum Gasteiger partial charge on any atom is -0.343 e. The minimum absolute atomic E-state index is 0.124. The van der Waals surface area contributed by atoms with Gasteiger partial charge in [0.2, 0.25) is 5.04 Å². The summed E-state index contributed by atoms with van der Waals surface area (Å²) in [5, 5.41) is 5.74. The Hall–Kier alpha value is -1.13. The molecule has 0 aliphatic carbocycles. The van der Waals surface area contributed by atoms with Gasteiger partial charge < -0.3 is 24.9 Å². The molecule has 0 bridgehead atoms. The molecule has 0 saturated heterocycles. The number of phosphoric acid groups is 1. The SMILES string of the molecule is CNC(=O)ON=C(SC)C(=O)N(C)C.O=P(O)(O)O. The van der Waals surface area contributed by atoms with E-state index in [1.165, 1.54) is 11.9 Å². The number of amides is 2. The Morgan fingerprint density at radius 1 is 1.32 bits per heavy atom. The van der Waals surface area contributed by atoms with Crippen LogP contribution in [0.5, 0.6) is 0 Å². The van der Waals surface area contributed by atoms with E-state index in [-0.39, 0.29) is 11.0 Å². The zero-order valence-electron chi connectivity index (χ0n) is 10.7. The second-order valence-electron chi connectivity index (χ2n) is 2.94. The third-order valence-corrected chi connectivity index (χ3v) is 1.83. The molecule has 2 amide bonds. The fraction of sp³-hybridized carbons (Fsp3) is 0.571. The standard InChI is InChI=1S/C7H13N3O3S.H3O4P/c1-8-7(12)13-9-5(14-4)6(11)10(2)3;1-5(2,3)4/h1-4H3,(H,8,12);(H3,1,2,3,4). The van der Waals surface area contributed by atoms with E-state index in [9.17, 15) is 9.59 Å². The van der Waals surface area contributed by atoms with Gasteiger partial charge in [-0.05, 0) is 6.26 Å². The van der Waals surface area contributed by atoms with Gasteiger partial charge in [0.15, 0.2) is 0 Å². The number of oxime groups is 1. The molecule has 12 heteroatoms. The predicted octanol–water partition coefficient (Wildman–Crippen LogP) is -0.821. The summed E-state index contributed by atoms with van der Waals surface area (Å²) in [4.78, 5) is 49.3. The molecule has 19 heavy (non-hydrogen) atoms. The van der Waals surface area contributed by atoms with Crippen molar-refractivity contribution in [2.75, 3.05) is 27.4 Å². The molecule has 0 rings (SSSR count). The van der Waals surface area contributed by atoms with Gasteiger partial charge in [-0.25, -0.2) is 9.36 Å². The van der Waals surface area contributed by atoms with Gasteiger partial charge >= 0.3 is 13.9 Å². The van der Waals surface area contributed by atoms with Crippen LogP contribution in [0.25, 0.3) is 0 Å². The van der Waals surface area contributed by atoms with Gasteiger partial charge in [0.25, 0.3) is 5.91 Å². The molecule has 0 atom stereocenters. The summed E-state index contributed by atoms with van der Waals surface area (Å²) in [6, 6.07) is 0. The second-order valence-corrected chi connectivity index (χ2v) is 4.76. The van der Waals surface area contributed by atoms with Gasteiger partial charge in [0.05, 0.1) is 0 Å². The highest BCUT2D eigenvalue weighted by Crippen LogP contribution is 2.25. The lowest BCUT2D eigenvalue weighted by Gasteiger charge is -2.09. The first-order valence-electron chi connectivity index (χ1n) is 4.53. The molecular weight excluding hydrogens is 301 g/mol. The second kappa shape index (κ2) is 9.75. The van der Waals surface area contributed by atoms with Crippen LogP contribution in [0, 0.1) is 0 Å². The van der Waals surface area contributed by atoms with E-state index in [0.29, 0.717) is 0 Å². The summed E-state index contributed by atoms with van der Waals surface area (Å²) >= 11 is 1.11. The smallest absolute Gasteiger partial charge is 0.343 e. The third kappa shape index (κ3) is 14.8. The summed E-state index contributed by atoms with van der Waals surface area (Å²) < 4.78 is 8.88. The molecule has 0 aromatic carbocycles. The van der Waals surface area contributed by atoms with Crippen molar-refractivity contribution in [3.05, 3.63) is 0 Å². The average molecular weight is 317 g/mol. The molecule has 0 fully saturated rings. The van der Waals surface area contributed by atoms with Gasteiger partial charge in [-0.1, -0.05) is 5.16 Å². The Kier molecular flexibility index (Phi) is 10.4. The van der Waals surface area contributed by atoms with Crippen molar-refractivity contribution in [2.24, 2.45) is 5.16 Å². The van der Waals surface area contributed by atoms with Gasteiger partial charge in [-0.15, -0.1) is 11.8 Å².